The van der Waals surface area contributed by atoms with E-state index in [1.165, 1.54) is 0 Å². The topological polar surface area (TPSA) is 83.6 Å². The highest BCUT2D eigenvalue weighted by atomic mass is 16.4. The summed E-state index contributed by atoms with van der Waals surface area (Å²) in [6.07, 6.45) is 1.27. The normalized spacial score (nSPS) is 14.0. The molecule has 0 heterocycles. The second kappa shape index (κ2) is 7.31. The van der Waals surface area contributed by atoms with Gasteiger partial charge in [0.15, 0.2) is 0 Å². The fourth-order valence-electron chi connectivity index (χ4n) is 1.83. The smallest absolute Gasteiger partial charge is 0.427 e. The molecule has 4 N–H and O–H groups in total. The lowest BCUT2D eigenvalue weighted by Crippen LogP contribution is -2.28. The van der Waals surface area contributed by atoms with Crippen LogP contribution in [0, 0.1) is 0 Å². The van der Waals surface area contributed by atoms with Gasteiger partial charge in [0.1, 0.15) is 5.78 Å². The van der Waals surface area contributed by atoms with E-state index >= 15 is 0 Å². The van der Waals surface area contributed by atoms with Gasteiger partial charge >= 0.3 is 7.12 Å². The van der Waals surface area contributed by atoms with E-state index in [0.29, 0.717) is 12.8 Å². The molecule has 5 heteroatoms. The Bertz CT molecular complexity index is 368. The van der Waals surface area contributed by atoms with Crippen LogP contribution in [0.4, 0.5) is 0 Å². The number of ketones is 1. The van der Waals surface area contributed by atoms with Crippen molar-refractivity contribution in [2.24, 2.45) is 5.73 Å². The van der Waals surface area contributed by atoms with E-state index in [1.54, 1.807) is 6.92 Å². The second-order valence-electron chi connectivity index (χ2n) is 4.66. The van der Waals surface area contributed by atoms with E-state index in [-0.39, 0.29) is 18.0 Å². The van der Waals surface area contributed by atoms with Gasteiger partial charge in [0, 0.05) is 6.42 Å². The Morgan fingerprint density at radius 1 is 1.33 bits per heavy atom. The highest BCUT2D eigenvalue weighted by Gasteiger charge is 2.24. The SMILES string of the molecule is C[C@H](N)C(=O)CC[C@H](Cc1ccccc1)B(O)O. The monoisotopic (exact) mass is 249 g/mol. The highest BCUT2D eigenvalue weighted by Crippen LogP contribution is 2.21. The minimum Gasteiger partial charge on any atom is -0.427 e. The van der Waals surface area contributed by atoms with Crippen LogP contribution in [0.2, 0.25) is 5.82 Å². The first-order valence-corrected chi connectivity index (χ1v) is 6.19. The largest absolute Gasteiger partial charge is 0.455 e. The predicted octanol–water partition coefficient (Wildman–Crippen LogP) is 0.769. The molecule has 18 heavy (non-hydrogen) atoms. The Kier molecular flexibility index (Phi) is 6.05. The standard InChI is InChI=1S/C13H20BNO3/c1-10(15)13(16)8-7-12(14(17)18)9-11-5-3-2-4-6-11/h2-6,10,12,17-18H,7-9,15H2,1H3/t10-,12+/m0/s1. The Morgan fingerprint density at radius 3 is 2.44 bits per heavy atom. The third-order valence-electron chi connectivity index (χ3n) is 3.03. The molecular weight excluding hydrogens is 229 g/mol. The van der Waals surface area contributed by atoms with Crippen molar-refractivity contribution in [2.75, 3.05) is 0 Å². The zero-order valence-corrected chi connectivity index (χ0v) is 10.6. The summed E-state index contributed by atoms with van der Waals surface area (Å²) in [7, 11) is -1.41. The first-order valence-electron chi connectivity index (χ1n) is 6.19. The number of nitrogens with two attached hydrogens (primary N) is 1. The van der Waals surface area contributed by atoms with Crippen molar-refractivity contribution in [2.45, 2.75) is 38.0 Å². The van der Waals surface area contributed by atoms with E-state index in [4.69, 9.17) is 5.73 Å². The third-order valence-corrected chi connectivity index (χ3v) is 3.03. The average molecular weight is 249 g/mol. The quantitative estimate of drug-likeness (QED) is 0.623. The molecule has 0 aliphatic heterocycles. The van der Waals surface area contributed by atoms with Gasteiger partial charge in [-0.25, -0.2) is 0 Å². The minimum atomic E-state index is -1.41. The van der Waals surface area contributed by atoms with Crippen LogP contribution in [-0.4, -0.2) is 29.0 Å². The molecule has 2 atom stereocenters. The Balaban J connectivity index is 2.53. The number of benzene rings is 1. The molecular formula is C13H20BNO3. The fourth-order valence-corrected chi connectivity index (χ4v) is 1.83. The Labute approximate surface area is 108 Å². The molecule has 98 valence electrons. The van der Waals surface area contributed by atoms with Crippen LogP contribution < -0.4 is 5.73 Å². The summed E-state index contributed by atoms with van der Waals surface area (Å²) in [5, 5.41) is 18.7. The molecule has 0 aromatic heterocycles. The van der Waals surface area contributed by atoms with Crippen LogP contribution in [-0.2, 0) is 11.2 Å². The molecule has 1 rings (SSSR count). The Morgan fingerprint density at radius 2 is 1.94 bits per heavy atom. The first-order chi connectivity index (χ1) is 8.50. The molecule has 0 aliphatic carbocycles. The summed E-state index contributed by atoms with van der Waals surface area (Å²) >= 11 is 0. The number of carbonyl (C=O) groups excluding carboxylic acids is 1. The van der Waals surface area contributed by atoms with Crippen LogP contribution in [0.1, 0.15) is 25.3 Å². The van der Waals surface area contributed by atoms with Gasteiger partial charge in [0.2, 0.25) is 0 Å². The lowest BCUT2D eigenvalue weighted by molar-refractivity contribution is -0.120. The molecule has 0 spiro atoms. The lowest BCUT2D eigenvalue weighted by Gasteiger charge is -2.16. The molecule has 0 unspecified atom stereocenters. The summed E-state index contributed by atoms with van der Waals surface area (Å²) in [5.74, 6) is -0.385. The van der Waals surface area contributed by atoms with Crippen molar-refractivity contribution < 1.29 is 14.8 Å². The maximum absolute atomic E-state index is 11.4. The van der Waals surface area contributed by atoms with Gasteiger partial charge in [0.05, 0.1) is 6.04 Å². The molecule has 4 nitrogen and oxygen atoms in total. The zero-order chi connectivity index (χ0) is 13.5. The van der Waals surface area contributed by atoms with Gasteiger partial charge in [-0.05, 0) is 31.1 Å². The van der Waals surface area contributed by atoms with Crippen LogP contribution in [0.3, 0.4) is 0 Å². The van der Waals surface area contributed by atoms with Crippen molar-refractivity contribution in [1.29, 1.82) is 0 Å². The molecule has 1 aromatic carbocycles. The van der Waals surface area contributed by atoms with Crippen LogP contribution in [0.25, 0.3) is 0 Å². The first kappa shape index (κ1) is 14.9. The van der Waals surface area contributed by atoms with E-state index in [9.17, 15) is 14.8 Å². The van der Waals surface area contributed by atoms with Gasteiger partial charge in [-0.2, -0.15) is 0 Å². The van der Waals surface area contributed by atoms with Crippen molar-refractivity contribution in [3.05, 3.63) is 35.9 Å². The molecule has 0 saturated carbocycles. The molecule has 0 fully saturated rings. The summed E-state index contributed by atoms with van der Waals surface area (Å²) in [4.78, 5) is 11.4. The predicted molar refractivity (Wildman–Crippen MR) is 72.0 cm³/mol. The number of rotatable bonds is 7. The minimum absolute atomic E-state index is 0.0475. The van der Waals surface area contributed by atoms with Crippen molar-refractivity contribution >= 4 is 12.9 Å². The molecule has 1 aromatic rings. The van der Waals surface area contributed by atoms with Gasteiger partial charge in [-0.1, -0.05) is 30.3 Å². The van der Waals surface area contributed by atoms with E-state index in [0.717, 1.165) is 5.56 Å². The van der Waals surface area contributed by atoms with Crippen LogP contribution >= 0.6 is 0 Å². The van der Waals surface area contributed by atoms with Crippen molar-refractivity contribution in [3.8, 4) is 0 Å². The van der Waals surface area contributed by atoms with Gasteiger partial charge < -0.3 is 15.8 Å². The summed E-state index contributed by atoms with van der Waals surface area (Å²) < 4.78 is 0. The number of Topliss-reactive ketones (excluding diaryl/α,β-unsaturated/α-hetero) is 1. The van der Waals surface area contributed by atoms with Crippen molar-refractivity contribution in [3.63, 3.8) is 0 Å². The van der Waals surface area contributed by atoms with Crippen LogP contribution in [0.15, 0.2) is 30.3 Å². The molecule has 0 saturated heterocycles. The van der Waals surface area contributed by atoms with Gasteiger partial charge in [-0.3, -0.25) is 4.79 Å². The molecule has 0 radical (unpaired) electrons. The van der Waals surface area contributed by atoms with Crippen molar-refractivity contribution in [1.82, 2.24) is 0 Å². The van der Waals surface area contributed by atoms with E-state index in [2.05, 4.69) is 0 Å². The van der Waals surface area contributed by atoms with Crippen LogP contribution in [0.5, 0.6) is 0 Å². The maximum atomic E-state index is 11.4. The van der Waals surface area contributed by atoms with Gasteiger partial charge in [-0.15, -0.1) is 0 Å². The zero-order valence-electron chi connectivity index (χ0n) is 10.6. The number of carbonyl (C=O) groups is 1. The molecule has 0 aliphatic rings. The van der Waals surface area contributed by atoms with E-state index < -0.39 is 13.2 Å². The highest BCUT2D eigenvalue weighted by molar-refractivity contribution is 6.43. The Hall–Kier alpha value is -1.17. The molecule has 0 amide bonds. The lowest BCUT2D eigenvalue weighted by atomic mass is 9.67. The maximum Gasteiger partial charge on any atom is 0.455 e. The van der Waals surface area contributed by atoms with E-state index in [1.807, 2.05) is 30.3 Å². The summed E-state index contributed by atoms with van der Waals surface area (Å²) in [5.41, 5.74) is 6.51. The summed E-state index contributed by atoms with van der Waals surface area (Å²) in [6.45, 7) is 1.64. The second-order valence-corrected chi connectivity index (χ2v) is 4.66. The summed E-state index contributed by atoms with van der Waals surface area (Å²) in [6, 6.07) is 9.10. The van der Waals surface area contributed by atoms with Gasteiger partial charge in [0.25, 0.3) is 0 Å². The third kappa shape index (κ3) is 5.00. The molecule has 0 bridgehead atoms. The fraction of sp³-hybridized carbons (Fsp3) is 0.462. The number of hydrogen-bond acceptors (Lipinski definition) is 4. The number of hydrogen-bond donors (Lipinski definition) is 3. The average Bonchev–Trinajstić information content (AvgIpc) is 2.34.